The largest absolute Gasteiger partial charge is 0.339 e. The monoisotopic (exact) mass is 334 g/mol. The van der Waals surface area contributed by atoms with Crippen LogP contribution in [0, 0.1) is 5.92 Å². The van der Waals surface area contributed by atoms with Crippen LogP contribution < -0.4 is 0 Å². The van der Waals surface area contributed by atoms with Gasteiger partial charge in [0.2, 0.25) is 0 Å². The predicted octanol–water partition coefficient (Wildman–Crippen LogP) is 3.35. The molecule has 3 heterocycles. The maximum absolute atomic E-state index is 12.7. The van der Waals surface area contributed by atoms with Crippen LogP contribution in [0.1, 0.15) is 35.7 Å². The number of amides is 1. The Morgan fingerprint density at radius 3 is 2.68 bits per heavy atom. The molecule has 1 aromatic carbocycles. The molecule has 1 aliphatic rings. The van der Waals surface area contributed by atoms with Gasteiger partial charge in [0.15, 0.2) is 5.65 Å². The Morgan fingerprint density at radius 2 is 1.92 bits per heavy atom. The lowest BCUT2D eigenvalue weighted by atomic mass is 9.99. The van der Waals surface area contributed by atoms with Crippen LogP contribution in [0.25, 0.3) is 11.0 Å². The molecule has 1 aliphatic heterocycles. The van der Waals surface area contributed by atoms with E-state index in [-0.39, 0.29) is 5.91 Å². The van der Waals surface area contributed by atoms with Crippen molar-refractivity contribution < 1.29 is 4.79 Å². The molecule has 0 N–H and O–H groups in total. The lowest BCUT2D eigenvalue weighted by molar-refractivity contribution is 0.0697. The van der Waals surface area contributed by atoms with Crippen LogP contribution in [0.5, 0.6) is 0 Å². The minimum atomic E-state index is 0.0807. The van der Waals surface area contributed by atoms with Crippen LogP contribution >= 0.6 is 0 Å². The van der Waals surface area contributed by atoms with Crippen molar-refractivity contribution in [1.82, 2.24) is 19.7 Å². The number of nitrogens with zero attached hydrogens (tertiary/aromatic N) is 4. The van der Waals surface area contributed by atoms with Gasteiger partial charge in [-0.05, 0) is 30.4 Å². The van der Waals surface area contributed by atoms with Crippen molar-refractivity contribution in [1.29, 1.82) is 0 Å². The first-order valence-corrected chi connectivity index (χ1v) is 8.85. The highest BCUT2D eigenvalue weighted by molar-refractivity contribution is 5.96. The topological polar surface area (TPSA) is 51.0 Å². The number of hydrogen-bond donors (Lipinski definition) is 0. The van der Waals surface area contributed by atoms with E-state index in [2.05, 4.69) is 29.1 Å². The summed E-state index contributed by atoms with van der Waals surface area (Å²) in [6, 6.07) is 12.1. The van der Waals surface area contributed by atoms with Crippen molar-refractivity contribution in [2.75, 3.05) is 13.1 Å². The van der Waals surface area contributed by atoms with Crippen molar-refractivity contribution in [2.45, 2.75) is 26.3 Å². The number of aromatic nitrogens is 3. The van der Waals surface area contributed by atoms with Gasteiger partial charge in [-0.25, -0.2) is 9.67 Å². The van der Waals surface area contributed by atoms with Crippen molar-refractivity contribution in [3.05, 3.63) is 59.9 Å². The van der Waals surface area contributed by atoms with Gasteiger partial charge in [0, 0.05) is 24.7 Å². The molecule has 128 valence electrons. The second kappa shape index (κ2) is 6.67. The number of fused-ring (bicyclic) bond motifs is 1. The molecule has 0 spiro atoms. The highest BCUT2D eigenvalue weighted by Gasteiger charge is 2.22. The van der Waals surface area contributed by atoms with Gasteiger partial charge in [-0.15, -0.1) is 0 Å². The van der Waals surface area contributed by atoms with Crippen molar-refractivity contribution in [3.8, 4) is 0 Å². The zero-order valence-electron chi connectivity index (χ0n) is 14.4. The molecule has 0 radical (unpaired) electrons. The third-order valence-corrected chi connectivity index (χ3v) is 4.97. The van der Waals surface area contributed by atoms with Gasteiger partial charge in [0.1, 0.15) is 0 Å². The number of rotatable bonds is 3. The summed E-state index contributed by atoms with van der Waals surface area (Å²) in [6.45, 7) is 4.60. The Hall–Kier alpha value is -2.69. The summed E-state index contributed by atoms with van der Waals surface area (Å²) in [4.78, 5) is 19.2. The summed E-state index contributed by atoms with van der Waals surface area (Å²) in [5.74, 6) is 0.790. The summed E-state index contributed by atoms with van der Waals surface area (Å²) in [6.07, 6.45) is 5.64. The minimum absolute atomic E-state index is 0.0807. The maximum atomic E-state index is 12.7. The fraction of sp³-hybridized carbons (Fsp3) is 0.350. The van der Waals surface area contributed by atoms with Gasteiger partial charge in [-0.3, -0.25) is 4.79 Å². The lowest BCUT2D eigenvalue weighted by Crippen LogP contribution is -2.37. The van der Waals surface area contributed by atoms with E-state index in [1.54, 1.807) is 12.4 Å². The second-order valence-electron chi connectivity index (χ2n) is 6.90. The first kappa shape index (κ1) is 15.8. The zero-order valence-corrected chi connectivity index (χ0v) is 14.4. The zero-order chi connectivity index (χ0) is 17.2. The SMILES string of the molecule is CC1CCN(C(=O)c2cnc3c(cnn3Cc3ccccc3)c2)CC1. The van der Waals surface area contributed by atoms with E-state index in [1.807, 2.05) is 33.8 Å². The fourth-order valence-electron chi connectivity index (χ4n) is 3.36. The van der Waals surface area contributed by atoms with Crippen LogP contribution in [0.3, 0.4) is 0 Å². The average molecular weight is 334 g/mol. The van der Waals surface area contributed by atoms with Crippen LogP contribution in [0.2, 0.25) is 0 Å². The number of hydrogen-bond acceptors (Lipinski definition) is 3. The molecule has 5 nitrogen and oxygen atoms in total. The van der Waals surface area contributed by atoms with E-state index in [9.17, 15) is 4.79 Å². The smallest absolute Gasteiger partial charge is 0.255 e. The molecule has 3 aromatic rings. The Kier molecular flexibility index (Phi) is 4.22. The molecule has 4 rings (SSSR count). The van der Waals surface area contributed by atoms with E-state index in [0.717, 1.165) is 37.0 Å². The lowest BCUT2D eigenvalue weighted by Gasteiger charge is -2.30. The van der Waals surface area contributed by atoms with Gasteiger partial charge in [0.25, 0.3) is 5.91 Å². The summed E-state index contributed by atoms with van der Waals surface area (Å²) in [7, 11) is 0. The first-order valence-electron chi connectivity index (χ1n) is 8.85. The van der Waals surface area contributed by atoms with E-state index in [4.69, 9.17) is 0 Å². The summed E-state index contributed by atoms with van der Waals surface area (Å²) >= 11 is 0. The molecule has 1 saturated heterocycles. The molecular formula is C20H22N4O. The van der Waals surface area contributed by atoms with Gasteiger partial charge in [0.05, 0.1) is 18.3 Å². The number of pyridine rings is 1. The minimum Gasteiger partial charge on any atom is -0.339 e. The van der Waals surface area contributed by atoms with E-state index < -0.39 is 0 Å². The third-order valence-electron chi connectivity index (χ3n) is 4.97. The molecule has 1 fully saturated rings. The molecule has 0 atom stereocenters. The Balaban J connectivity index is 1.56. The number of benzene rings is 1. The van der Waals surface area contributed by atoms with Gasteiger partial charge in [-0.2, -0.15) is 5.10 Å². The molecule has 25 heavy (non-hydrogen) atoms. The molecule has 2 aromatic heterocycles. The van der Waals surface area contributed by atoms with Crippen LogP contribution in [-0.4, -0.2) is 38.7 Å². The van der Waals surface area contributed by atoms with Crippen LogP contribution in [0.15, 0.2) is 48.8 Å². The van der Waals surface area contributed by atoms with Crippen LogP contribution in [0.4, 0.5) is 0 Å². The Bertz CT molecular complexity index is 879. The van der Waals surface area contributed by atoms with Crippen LogP contribution in [-0.2, 0) is 6.54 Å². The standard InChI is InChI=1S/C20H22N4O/c1-15-7-9-23(10-8-15)20(25)18-11-17-13-22-24(19(17)21-12-18)14-16-5-3-2-4-6-16/h2-6,11-13,15H,7-10,14H2,1H3. The number of carbonyl (C=O) groups excluding carboxylic acids is 1. The molecule has 0 aliphatic carbocycles. The van der Waals surface area contributed by atoms with E-state index in [1.165, 1.54) is 5.56 Å². The molecular weight excluding hydrogens is 312 g/mol. The second-order valence-corrected chi connectivity index (χ2v) is 6.90. The maximum Gasteiger partial charge on any atom is 0.255 e. The first-order chi connectivity index (χ1) is 12.2. The molecule has 0 bridgehead atoms. The average Bonchev–Trinajstić information content (AvgIpc) is 3.05. The number of piperidine rings is 1. The number of likely N-dealkylation sites (tertiary alicyclic amines) is 1. The normalized spacial score (nSPS) is 15.6. The molecule has 0 saturated carbocycles. The van der Waals surface area contributed by atoms with Crippen molar-refractivity contribution >= 4 is 16.9 Å². The van der Waals surface area contributed by atoms with Gasteiger partial charge >= 0.3 is 0 Å². The van der Waals surface area contributed by atoms with E-state index >= 15 is 0 Å². The third kappa shape index (κ3) is 3.27. The van der Waals surface area contributed by atoms with Crippen molar-refractivity contribution in [3.63, 3.8) is 0 Å². The quantitative estimate of drug-likeness (QED) is 0.738. The Labute approximate surface area is 147 Å². The summed E-state index contributed by atoms with van der Waals surface area (Å²) < 4.78 is 1.88. The summed E-state index contributed by atoms with van der Waals surface area (Å²) in [5, 5.41) is 5.35. The number of carbonyl (C=O) groups is 1. The highest BCUT2D eigenvalue weighted by Crippen LogP contribution is 2.20. The van der Waals surface area contributed by atoms with Crippen molar-refractivity contribution in [2.24, 2.45) is 5.92 Å². The van der Waals surface area contributed by atoms with Gasteiger partial charge in [-0.1, -0.05) is 37.3 Å². The molecule has 1 amide bonds. The molecule has 5 heteroatoms. The molecule has 0 unspecified atom stereocenters. The predicted molar refractivity (Wildman–Crippen MR) is 97.4 cm³/mol. The summed E-state index contributed by atoms with van der Waals surface area (Å²) in [5.41, 5.74) is 2.64. The van der Waals surface area contributed by atoms with E-state index in [0.29, 0.717) is 18.0 Å². The Morgan fingerprint density at radius 1 is 1.16 bits per heavy atom. The highest BCUT2D eigenvalue weighted by atomic mass is 16.2. The van der Waals surface area contributed by atoms with Gasteiger partial charge < -0.3 is 4.90 Å². The fourth-order valence-corrected chi connectivity index (χ4v) is 3.36.